The van der Waals surface area contributed by atoms with Crippen molar-refractivity contribution in [3.8, 4) is 6.01 Å². The first kappa shape index (κ1) is 12.5. The molecule has 0 aliphatic rings. The van der Waals surface area contributed by atoms with E-state index in [9.17, 15) is 0 Å². The van der Waals surface area contributed by atoms with Gasteiger partial charge in [0, 0.05) is 13.1 Å². The van der Waals surface area contributed by atoms with Gasteiger partial charge in [-0.1, -0.05) is 13.8 Å². The molecule has 1 rings (SSSR count). The minimum Gasteiger partial charge on any atom is -0.467 e. The van der Waals surface area contributed by atoms with Crippen LogP contribution in [0, 0.1) is 5.92 Å². The van der Waals surface area contributed by atoms with Gasteiger partial charge >= 0.3 is 6.01 Å². The van der Waals surface area contributed by atoms with E-state index in [0.717, 1.165) is 0 Å². The van der Waals surface area contributed by atoms with E-state index in [2.05, 4.69) is 46.4 Å². The Morgan fingerprint density at radius 2 is 1.69 bits per heavy atom. The average molecular weight is 225 g/mol. The summed E-state index contributed by atoms with van der Waals surface area (Å²) in [4.78, 5) is 12.4. The predicted molar refractivity (Wildman–Crippen MR) is 63.8 cm³/mol. The standard InChI is InChI=1S/C10H19N5O/c1-6(2)7(3)12-9-13-8(11-4)14-10(15-9)16-5/h6-7H,1-5H3,(H2,11,12,13,14,15). The van der Waals surface area contributed by atoms with Crippen LogP contribution in [0.4, 0.5) is 11.9 Å². The topological polar surface area (TPSA) is 72.0 Å². The number of methoxy groups -OCH3 is 1. The van der Waals surface area contributed by atoms with Gasteiger partial charge in [-0.25, -0.2) is 0 Å². The Morgan fingerprint density at radius 3 is 2.19 bits per heavy atom. The molecule has 0 bridgehead atoms. The largest absolute Gasteiger partial charge is 0.467 e. The van der Waals surface area contributed by atoms with Crippen molar-refractivity contribution in [2.24, 2.45) is 5.92 Å². The third kappa shape index (κ3) is 3.22. The molecule has 1 heterocycles. The number of ether oxygens (including phenoxy) is 1. The van der Waals surface area contributed by atoms with Crippen LogP contribution in [-0.2, 0) is 0 Å². The van der Waals surface area contributed by atoms with E-state index in [1.165, 1.54) is 7.11 Å². The molecule has 90 valence electrons. The monoisotopic (exact) mass is 225 g/mol. The lowest BCUT2D eigenvalue weighted by Crippen LogP contribution is -2.23. The quantitative estimate of drug-likeness (QED) is 0.788. The van der Waals surface area contributed by atoms with E-state index < -0.39 is 0 Å². The minimum atomic E-state index is 0.289. The van der Waals surface area contributed by atoms with E-state index in [-0.39, 0.29) is 6.04 Å². The summed E-state index contributed by atoms with van der Waals surface area (Å²) in [6.45, 7) is 6.35. The second kappa shape index (κ2) is 5.48. The smallest absolute Gasteiger partial charge is 0.322 e. The van der Waals surface area contributed by atoms with Crippen LogP contribution in [0.3, 0.4) is 0 Å². The van der Waals surface area contributed by atoms with Gasteiger partial charge in [-0.2, -0.15) is 15.0 Å². The first-order chi connectivity index (χ1) is 7.56. The molecular weight excluding hydrogens is 206 g/mol. The van der Waals surface area contributed by atoms with Crippen molar-refractivity contribution < 1.29 is 4.74 Å². The van der Waals surface area contributed by atoms with Gasteiger partial charge in [0.25, 0.3) is 0 Å². The van der Waals surface area contributed by atoms with Gasteiger partial charge in [-0.3, -0.25) is 0 Å². The molecule has 1 aromatic heterocycles. The molecule has 16 heavy (non-hydrogen) atoms. The number of nitrogens with one attached hydrogen (secondary N) is 2. The fraction of sp³-hybridized carbons (Fsp3) is 0.700. The Balaban J connectivity index is 2.86. The van der Waals surface area contributed by atoms with Crippen molar-refractivity contribution in [1.82, 2.24) is 15.0 Å². The zero-order chi connectivity index (χ0) is 12.1. The maximum absolute atomic E-state index is 5.00. The van der Waals surface area contributed by atoms with Gasteiger partial charge in [0.05, 0.1) is 7.11 Å². The number of hydrogen-bond acceptors (Lipinski definition) is 6. The lowest BCUT2D eigenvalue weighted by atomic mass is 10.1. The van der Waals surface area contributed by atoms with E-state index in [1.54, 1.807) is 7.05 Å². The van der Waals surface area contributed by atoms with Crippen molar-refractivity contribution in [2.45, 2.75) is 26.8 Å². The molecule has 0 amide bonds. The summed E-state index contributed by atoms with van der Waals surface area (Å²) in [5.41, 5.74) is 0. The lowest BCUT2D eigenvalue weighted by Gasteiger charge is -2.17. The maximum Gasteiger partial charge on any atom is 0.322 e. The predicted octanol–water partition coefficient (Wildman–Crippen LogP) is 1.38. The van der Waals surface area contributed by atoms with Crippen LogP contribution in [0.15, 0.2) is 0 Å². The van der Waals surface area contributed by atoms with Crippen LogP contribution in [-0.4, -0.2) is 35.2 Å². The van der Waals surface area contributed by atoms with Gasteiger partial charge in [-0.15, -0.1) is 0 Å². The van der Waals surface area contributed by atoms with E-state index in [0.29, 0.717) is 23.8 Å². The molecule has 0 aliphatic heterocycles. The molecule has 6 heteroatoms. The molecule has 0 saturated carbocycles. The van der Waals surface area contributed by atoms with Gasteiger partial charge in [0.15, 0.2) is 0 Å². The van der Waals surface area contributed by atoms with Crippen LogP contribution < -0.4 is 15.4 Å². The number of nitrogens with zero attached hydrogens (tertiary/aromatic N) is 3. The van der Waals surface area contributed by atoms with Crippen LogP contribution >= 0.6 is 0 Å². The van der Waals surface area contributed by atoms with Crippen molar-refractivity contribution in [3.05, 3.63) is 0 Å². The molecule has 0 radical (unpaired) electrons. The van der Waals surface area contributed by atoms with Gasteiger partial charge in [0.1, 0.15) is 0 Å². The molecule has 1 aromatic rings. The normalized spacial score (nSPS) is 12.4. The maximum atomic E-state index is 5.00. The zero-order valence-electron chi connectivity index (χ0n) is 10.4. The fourth-order valence-electron chi connectivity index (χ4n) is 0.994. The highest BCUT2D eigenvalue weighted by Crippen LogP contribution is 2.13. The molecule has 6 nitrogen and oxygen atoms in total. The lowest BCUT2D eigenvalue weighted by molar-refractivity contribution is 0.379. The Kier molecular flexibility index (Phi) is 4.28. The highest BCUT2D eigenvalue weighted by atomic mass is 16.5. The fourth-order valence-corrected chi connectivity index (χ4v) is 0.994. The summed E-state index contributed by atoms with van der Waals surface area (Å²) in [5.74, 6) is 1.52. The molecule has 0 spiro atoms. The number of aromatic nitrogens is 3. The molecule has 1 unspecified atom stereocenters. The number of rotatable bonds is 5. The van der Waals surface area contributed by atoms with Crippen LogP contribution in [0.25, 0.3) is 0 Å². The summed E-state index contributed by atoms with van der Waals surface area (Å²) >= 11 is 0. The van der Waals surface area contributed by atoms with Crippen molar-refractivity contribution in [2.75, 3.05) is 24.8 Å². The van der Waals surface area contributed by atoms with Crippen molar-refractivity contribution in [3.63, 3.8) is 0 Å². The highest BCUT2D eigenvalue weighted by Gasteiger charge is 2.11. The van der Waals surface area contributed by atoms with Gasteiger partial charge in [0.2, 0.25) is 11.9 Å². The van der Waals surface area contributed by atoms with Crippen LogP contribution in [0.1, 0.15) is 20.8 Å². The molecule has 0 saturated heterocycles. The Hall–Kier alpha value is -1.59. The number of anilines is 2. The second-order valence-electron chi connectivity index (χ2n) is 3.90. The third-order valence-corrected chi connectivity index (χ3v) is 2.38. The van der Waals surface area contributed by atoms with E-state index in [1.807, 2.05) is 0 Å². The summed E-state index contributed by atoms with van der Waals surface area (Å²) in [6, 6.07) is 0.592. The Morgan fingerprint density at radius 1 is 1.06 bits per heavy atom. The summed E-state index contributed by atoms with van der Waals surface area (Å²) < 4.78 is 5.00. The SMILES string of the molecule is CNc1nc(NC(C)C(C)C)nc(OC)n1. The molecule has 1 atom stereocenters. The third-order valence-electron chi connectivity index (χ3n) is 2.38. The Bertz CT molecular complexity index is 320. The second-order valence-corrected chi connectivity index (χ2v) is 3.90. The summed E-state index contributed by atoms with van der Waals surface area (Å²) in [6.07, 6.45) is 0. The van der Waals surface area contributed by atoms with Crippen molar-refractivity contribution >= 4 is 11.9 Å². The first-order valence-corrected chi connectivity index (χ1v) is 5.31. The van der Waals surface area contributed by atoms with E-state index in [4.69, 9.17) is 4.74 Å². The van der Waals surface area contributed by atoms with Gasteiger partial charge in [-0.05, 0) is 12.8 Å². The van der Waals surface area contributed by atoms with Crippen molar-refractivity contribution in [1.29, 1.82) is 0 Å². The number of hydrogen-bond donors (Lipinski definition) is 2. The van der Waals surface area contributed by atoms with E-state index >= 15 is 0 Å². The Labute approximate surface area is 95.9 Å². The highest BCUT2D eigenvalue weighted by molar-refractivity contribution is 5.35. The van der Waals surface area contributed by atoms with Crippen LogP contribution in [0.5, 0.6) is 6.01 Å². The average Bonchev–Trinajstić information content (AvgIpc) is 2.28. The summed E-state index contributed by atoms with van der Waals surface area (Å²) in [7, 11) is 3.29. The van der Waals surface area contributed by atoms with Gasteiger partial charge < -0.3 is 15.4 Å². The molecule has 0 aromatic carbocycles. The molecular formula is C10H19N5O. The summed E-state index contributed by atoms with van der Waals surface area (Å²) in [5, 5.41) is 6.07. The first-order valence-electron chi connectivity index (χ1n) is 5.31. The zero-order valence-corrected chi connectivity index (χ0v) is 10.4. The molecule has 0 fully saturated rings. The molecule has 2 N–H and O–H groups in total. The minimum absolute atomic E-state index is 0.289. The molecule has 0 aliphatic carbocycles. The van der Waals surface area contributed by atoms with Crippen LogP contribution in [0.2, 0.25) is 0 Å².